The molecule has 5 aliphatic heterocycles. The maximum absolute atomic E-state index is 13.0. The fourth-order valence-electron chi connectivity index (χ4n) is 14.4. The van der Waals surface area contributed by atoms with Gasteiger partial charge in [-0.15, -0.1) is 0 Å². The standard InChI is InChI=1S/2C19H14F2N6O3.C18H12FN3O4.C13H16F2N2O2.C13H16N2O3.C10H7F5N2O.C7H6O2/c2*20-17(21)15-6-12-9-26(10-13(12)8-23-15)19(28)25-18-16(27(29)30)4-3-14(24-18)11-2-1-5-22-7-11;19-13-8-6-12(7-9-13)15-10-11-16(22(24)25)17(20-15)21-18(23)26-14-4-2-1-3-5-14;1-13(2,3)19-12(18)17-6-8-4-10(11(14)15)16-5-9(8)7-17;1-13(2,3)18-12(17)15-6-9-4-11(8-16)14-5-10(9)7-15;11-8(12)7-1-5-3-17(4-6(5)2-16-7)9(18)10(13,14)15;8-6-9-7-4-2-1-3-5-7/h2*1-8,17H,9-10H2,(H,24,25,28);1-11H,(H,20,21,23);4-5,11H,6-7H2,1-3H3;4-5,8H,6-7H2,1-3H3;1-2,8H,3-4H2;1-6H. The summed E-state index contributed by atoms with van der Waals surface area (Å²) in [4.78, 5) is 170. The SMILES string of the molecule is CC(C)(C)OC(=O)N1Cc2cnc(C(F)F)cc2C1.CC(C)(C)OC(=O)N1Cc2cnc(C=O)cc2C1.O=C(N1Cc2cnc(C(F)F)cc2C1)C(F)(F)F.O=C(Nc1nc(-c2ccc(F)cc2)ccc1[N+](=O)[O-])Oc1ccccc1.O=C(Nc1nc(-c2cccnc2)ccc1[N+](=O)[O-])N1Cc2cnc(C(F)F)cc2C1.O=C(Nc1nc(-c2cccnc2)ccc1[N+](=O)[O-])N1Cc2cnc(C(F)F)cc2C1.O=COc1ccccc1. The molecule has 8 amide bonds. The van der Waals surface area contributed by atoms with E-state index in [1.165, 1.54) is 112 Å². The van der Waals surface area contributed by atoms with E-state index in [9.17, 15) is 121 Å². The van der Waals surface area contributed by atoms with Gasteiger partial charge in [-0.3, -0.25) is 105 Å². The number of para-hydroxylation sites is 2. The van der Waals surface area contributed by atoms with Crippen LogP contribution in [0, 0.1) is 36.2 Å². The number of fused-ring (bicyclic) bond motifs is 5. The van der Waals surface area contributed by atoms with E-state index in [4.69, 9.17) is 14.2 Å². The second-order valence-corrected chi connectivity index (χ2v) is 34.4. The number of anilines is 3. The van der Waals surface area contributed by atoms with Gasteiger partial charge in [-0.2, -0.15) is 13.2 Å². The van der Waals surface area contributed by atoms with Crippen molar-refractivity contribution in [2.45, 2.75) is 150 Å². The van der Waals surface area contributed by atoms with Crippen LogP contribution in [0.25, 0.3) is 33.8 Å². The van der Waals surface area contributed by atoms with Crippen LogP contribution >= 0.6 is 0 Å². The van der Waals surface area contributed by atoms with Gasteiger partial charge in [-0.05, 0) is 219 Å². The number of amides is 8. The molecule has 51 heteroatoms. The zero-order chi connectivity index (χ0) is 109. The van der Waals surface area contributed by atoms with E-state index in [-0.39, 0.29) is 115 Å². The van der Waals surface area contributed by atoms with Gasteiger partial charge in [0.1, 0.15) is 57.0 Å². The maximum atomic E-state index is 13.0. The molecule has 18 rings (SSSR count). The minimum absolute atomic E-state index is 0.0828. The minimum Gasteiger partial charge on any atom is -0.444 e. The second kappa shape index (κ2) is 49.4. The molecular weight excluding hydrogens is 2000 g/mol. The smallest absolute Gasteiger partial charge is 0.444 e. The Morgan fingerprint density at radius 2 is 0.707 bits per heavy atom. The quantitative estimate of drug-likeness (QED) is 0.0330. The van der Waals surface area contributed by atoms with Crippen molar-refractivity contribution in [3.63, 3.8) is 0 Å². The summed E-state index contributed by atoms with van der Waals surface area (Å²) < 4.78 is 171. The molecule has 13 aromatic rings. The lowest BCUT2D eigenvalue weighted by molar-refractivity contribution is -0.384. The van der Waals surface area contributed by atoms with E-state index < -0.39 is 99.5 Å². The Morgan fingerprint density at radius 1 is 0.380 bits per heavy atom. The summed E-state index contributed by atoms with van der Waals surface area (Å²) >= 11 is 0. The van der Waals surface area contributed by atoms with E-state index in [2.05, 4.69) is 70.5 Å². The Balaban J connectivity index is 0.000000159. The van der Waals surface area contributed by atoms with Crippen LogP contribution in [0.15, 0.2) is 232 Å². The third-order valence-corrected chi connectivity index (χ3v) is 21.4. The Bertz CT molecular complexity index is 6930. The summed E-state index contributed by atoms with van der Waals surface area (Å²) in [5, 5.41) is 41.1. The molecule has 0 radical (unpaired) electrons. The van der Waals surface area contributed by atoms with Crippen molar-refractivity contribution >= 4 is 83.5 Å². The van der Waals surface area contributed by atoms with Crippen LogP contribution in [-0.4, -0.2) is 155 Å². The molecule has 0 fully saturated rings. The summed E-state index contributed by atoms with van der Waals surface area (Å²) in [6.07, 6.45) is -3.74. The van der Waals surface area contributed by atoms with Gasteiger partial charge in [0.15, 0.2) is 6.29 Å². The maximum Gasteiger partial charge on any atom is 0.471 e. The fourth-order valence-corrected chi connectivity index (χ4v) is 14.4. The van der Waals surface area contributed by atoms with Crippen molar-refractivity contribution in [2.24, 2.45) is 0 Å². The number of ether oxygens (including phenoxy) is 4. The van der Waals surface area contributed by atoms with Crippen molar-refractivity contribution < 1.29 is 125 Å². The van der Waals surface area contributed by atoms with Gasteiger partial charge in [0.2, 0.25) is 17.5 Å². The van der Waals surface area contributed by atoms with Crippen LogP contribution in [0.4, 0.5) is 111 Å². The number of carbonyl (C=O) groups is 8. The Morgan fingerprint density at radius 3 is 1.05 bits per heavy atom. The molecular formula is C99H85F12N21O18. The van der Waals surface area contributed by atoms with Crippen molar-refractivity contribution in [3.8, 4) is 45.3 Å². The number of nitrogens with one attached hydrogen (secondary N) is 3. The highest BCUT2D eigenvalue weighted by Gasteiger charge is 2.45. The average Bonchev–Trinajstić information content (AvgIpc) is 1.09. The molecule has 10 aromatic heterocycles. The number of carbonyl (C=O) groups excluding carboxylic acids is 8. The van der Waals surface area contributed by atoms with E-state index in [0.29, 0.717) is 116 Å². The topological polar surface area (TPSA) is 484 Å². The van der Waals surface area contributed by atoms with E-state index in [1.807, 2.05) is 26.8 Å². The third kappa shape index (κ3) is 30.6. The lowest BCUT2D eigenvalue weighted by atomic mass is 10.1. The highest BCUT2D eigenvalue weighted by Crippen LogP contribution is 2.38. The Kier molecular flexibility index (Phi) is 36.3. The van der Waals surface area contributed by atoms with Crippen molar-refractivity contribution in [2.75, 3.05) is 16.0 Å². The van der Waals surface area contributed by atoms with Gasteiger partial charge in [0, 0.05) is 143 Å². The van der Waals surface area contributed by atoms with Gasteiger partial charge in [-0.25, -0.2) is 78.4 Å². The molecule has 0 spiro atoms. The number of halogens is 12. The van der Waals surface area contributed by atoms with Crippen molar-refractivity contribution in [1.82, 2.24) is 74.3 Å². The number of nitrogens with zero attached hydrogens (tertiary/aromatic N) is 18. The van der Waals surface area contributed by atoms with Gasteiger partial charge >= 0.3 is 59.5 Å². The molecule has 5 aliphatic rings. The second-order valence-electron chi connectivity index (χ2n) is 34.4. The minimum atomic E-state index is -4.96. The first-order valence-corrected chi connectivity index (χ1v) is 44.4. The van der Waals surface area contributed by atoms with Crippen LogP contribution in [0.3, 0.4) is 0 Å². The largest absolute Gasteiger partial charge is 0.471 e. The third-order valence-electron chi connectivity index (χ3n) is 21.4. The number of pyridine rings is 10. The normalized spacial score (nSPS) is 12.7. The molecule has 0 aliphatic carbocycles. The molecule has 39 nitrogen and oxygen atoms in total. The number of urea groups is 2. The molecule has 15 heterocycles. The average molecular weight is 2080 g/mol. The summed E-state index contributed by atoms with van der Waals surface area (Å²) in [5.41, 5.74) is 6.08. The first-order chi connectivity index (χ1) is 71.2. The van der Waals surface area contributed by atoms with Crippen LogP contribution in [0.2, 0.25) is 0 Å². The Labute approximate surface area is 842 Å². The number of alkyl halides is 11. The lowest BCUT2D eigenvalue weighted by Crippen LogP contribution is -2.37. The van der Waals surface area contributed by atoms with Crippen LogP contribution in [-0.2, 0) is 84.5 Å². The summed E-state index contributed by atoms with van der Waals surface area (Å²) in [5.74, 6) is -2.23. The summed E-state index contributed by atoms with van der Waals surface area (Å²) in [6.45, 7) is 12.7. The summed E-state index contributed by atoms with van der Waals surface area (Å²) in [7, 11) is 0. The fraction of sp³-hybridized carbons (Fsp3) is 0.232. The zero-order valence-electron chi connectivity index (χ0n) is 79.4. The monoisotopic (exact) mass is 2080 g/mol. The summed E-state index contributed by atoms with van der Waals surface area (Å²) in [6, 6.07) is 42.9. The molecule has 3 N–H and O–H groups in total. The first kappa shape index (κ1) is 110. The molecule has 3 aromatic carbocycles. The number of hydrogen-bond acceptors (Lipinski definition) is 28. The predicted molar refractivity (Wildman–Crippen MR) is 508 cm³/mol. The van der Waals surface area contributed by atoms with Crippen LogP contribution in [0.5, 0.6) is 11.5 Å². The van der Waals surface area contributed by atoms with Gasteiger partial charge in [0.25, 0.3) is 32.2 Å². The number of hydrogen-bond donors (Lipinski definition) is 3. The lowest BCUT2D eigenvalue weighted by Gasteiger charge is -2.24. The molecule has 778 valence electrons. The number of aldehydes is 1. The van der Waals surface area contributed by atoms with E-state index in [0.717, 1.165) is 29.0 Å². The van der Waals surface area contributed by atoms with Crippen LogP contribution in [0.1, 0.15) is 156 Å². The number of nitro groups is 3. The number of rotatable bonds is 17. The van der Waals surface area contributed by atoms with Gasteiger partial charge in [0.05, 0.1) is 44.9 Å². The van der Waals surface area contributed by atoms with Gasteiger partial charge < -0.3 is 33.6 Å². The number of benzene rings is 3. The van der Waals surface area contributed by atoms with Crippen molar-refractivity contribution in [1.29, 1.82) is 0 Å². The zero-order valence-corrected chi connectivity index (χ0v) is 79.4. The molecule has 0 saturated carbocycles. The highest BCUT2D eigenvalue weighted by atomic mass is 19.4. The van der Waals surface area contributed by atoms with E-state index >= 15 is 0 Å². The molecule has 150 heavy (non-hydrogen) atoms. The van der Waals surface area contributed by atoms with Gasteiger partial charge in [-0.1, -0.05) is 36.4 Å². The predicted octanol–water partition coefficient (Wildman–Crippen LogP) is 21.3. The first-order valence-electron chi connectivity index (χ1n) is 44.4. The van der Waals surface area contributed by atoms with Crippen LogP contribution < -0.4 is 25.4 Å². The molecule has 0 saturated heterocycles. The molecule has 0 unspecified atom stereocenters. The van der Waals surface area contributed by atoms with E-state index in [1.54, 1.807) is 142 Å². The Hall–Kier alpha value is -18.5. The number of aromatic nitrogens is 10. The molecule has 0 atom stereocenters. The molecule has 0 bridgehead atoms. The van der Waals surface area contributed by atoms with Crippen molar-refractivity contribution in [3.05, 3.63) is 352 Å². The highest BCUT2D eigenvalue weighted by molar-refractivity contribution is 5.93.